The van der Waals surface area contributed by atoms with Crippen LogP contribution in [0.5, 0.6) is 0 Å². The number of ketones is 1. The largest absolute Gasteiger partial charge is 0.368 e. The molecule has 110 valence electrons. The topological polar surface area (TPSA) is 57.7 Å². The number of anilines is 1. The number of piperidine rings is 1. The minimum Gasteiger partial charge on any atom is -0.368 e. The van der Waals surface area contributed by atoms with Gasteiger partial charge in [-0.3, -0.25) is 19.3 Å². The molecule has 0 spiro atoms. The lowest BCUT2D eigenvalue weighted by Crippen LogP contribution is -2.47. The van der Waals surface area contributed by atoms with E-state index in [1.165, 1.54) is 7.05 Å². The molecule has 3 rings (SSSR count). The second kappa shape index (κ2) is 4.69. The Bertz CT molecular complexity index is 653. The monoisotopic (exact) mass is 286 g/mol. The second-order valence-electron chi connectivity index (χ2n) is 5.84. The summed E-state index contributed by atoms with van der Waals surface area (Å²) in [5, 5.41) is 0. The smallest absolute Gasteiger partial charge is 0.261 e. The van der Waals surface area contributed by atoms with Crippen molar-refractivity contribution < 1.29 is 14.4 Å². The Labute approximate surface area is 123 Å². The van der Waals surface area contributed by atoms with Crippen molar-refractivity contribution in [2.45, 2.75) is 26.3 Å². The Balaban J connectivity index is 1.97. The lowest BCUT2D eigenvalue weighted by molar-refractivity contribution is -0.123. The van der Waals surface area contributed by atoms with Crippen LogP contribution in [-0.2, 0) is 4.79 Å². The molecule has 1 aromatic carbocycles. The van der Waals surface area contributed by atoms with Crippen LogP contribution in [0.1, 0.15) is 41.0 Å². The van der Waals surface area contributed by atoms with Crippen molar-refractivity contribution >= 4 is 23.3 Å². The number of rotatable bonds is 1. The molecule has 5 nitrogen and oxygen atoms in total. The maximum Gasteiger partial charge on any atom is 0.261 e. The Morgan fingerprint density at radius 3 is 2.43 bits per heavy atom. The summed E-state index contributed by atoms with van der Waals surface area (Å²) in [6.07, 6.45) is 0.523. The van der Waals surface area contributed by atoms with Crippen LogP contribution in [0.4, 0.5) is 5.69 Å². The lowest BCUT2D eigenvalue weighted by Gasteiger charge is -2.38. The number of fused-ring (bicyclic) bond motifs is 1. The number of carbonyl (C=O) groups excluding carboxylic acids is 3. The first-order valence-corrected chi connectivity index (χ1v) is 7.17. The predicted molar refractivity (Wildman–Crippen MR) is 78.5 cm³/mol. The van der Waals surface area contributed by atoms with Crippen molar-refractivity contribution in [1.82, 2.24) is 4.90 Å². The van der Waals surface area contributed by atoms with Gasteiger partial charge in [0.15, 0.2) is 0 Å². The van der Waals surface area contributed by atoms with Crippen molar-refractivity contribution in [3.63, 3.8) is 0 Å². The summed E-state index contributed by atoms with van der Waals surface area (Å²) < 4.78 is 0. The molecule has 1 saturated heterocycles. The molecular formula is C16H18N2O3. The fourth-order valence-corrected chi connectivity index (χ4v) is 3.09. The molecule has 2 amide bonds. The molecule has 1 fully saturated rings. The SMILES string of the molecule is CC1C(=O)CCN(c2ccc3c(c2)C(=O)N(C)C3=O)C1C. The molecule has 5 heteroatoms. The van der Waals surface area contributed by atoms with Crippen molar-refractivity contribution in [2.24, 2.45) is 5.92 Å². The van der Waals surface area contributed by atoms with E-state index in [-0.39, 0.29) is 29.6 Å². The van der Waals surface area contributed by atoms with Crippen molar-refractivity contribution in [1.29, 1.82) is 0 Å². The van der Waals surface area contributed by atoms with Gasteiger partial charge in [0.1, 0.15) is 5.78 Å². The van der Waals surface area contributed by atoms with Crippen LogP contribution in [0.3, 0.4) is 0 Å². The Morgan fingerprint density at radius 2 is 1.71 bits per heavy atom. The van der Waals surface area contributed by atoms with Crippen LogP contribution < -0.4 is 4.90 Å². The minimum absolute atomic E-state index is 0.0213. The van der Waals surface area contributed by atoms with Crippen molar-refractivity contribution in [2.75, 3.05) is 18.5 Å². The highest BCUT2D eigenvalue weighted by atomic mass is 16.2. The Kier molecular flexibility index (Phi) is 3.08. The van der Waals surface area contributed by atoms with Crippen LogP contribution >= 0.6 is 0 Å². The number of nitrogens with zero attached hydrogens (tertiary/aromatic N) is 2. The molecule has 0 bridgehead atoms. The highest BCUT2D eigenvalue weighted by Gasteiger charge is 2.35. The van der Waals surface area contributed by atoms with E-state index in [0.717, 1.165) is 10.6 Å². The first-order valence-electron chi connectivity index (χ1n) is 7.17. The first-order chi connectivity index (χ1) is 9.91. The van der Waals surface area contributed by atoms with Crippen LogP contribution in [0, 0.1) is 5.92 Å². The highest BCUT2D eigenvalue weighted by Crippen LogP contribution is 2.31. The van der Waals surface area contributed by atoms with Crippen LogP contribution in [0.25, 0.3) is 0 Å². The summed E-state index contributed by atoms with van der Waals surface area (Å²) in [4.78, 5) is 39.0. The van der Waals surface area contributed by atoms with Gasteiger partial charge in [0, 0.05) is 37.7 Å². The van der Waals surface area contributed by atoms with E-state index in [9.17, 15) is 14.4 Å². The molecule has 0 aliphatic carbocycles. The molecule has 1 aromatic rings. The van der Waals surface area contributed by atoms with Crippen LogP contribution in [0.15, 0.2) is 18.2 Å². The van der Waals surface area contributed by atoms with Gasteiger partial charge in [0.2, 0.25) is 0 Å². The standard InChI is InChI=1S/C16H18N2O3/c1-9-10(2)18(7-6-14(9)19)11-4-5-12-13(8-11)16(21)17(3)15(12)20/h4-5,8-10H,6-7H2,1-3H3. The fraction of sp³-hybridized carbons (Fsp3) is 0.438. The summed E-state index contributed by atoms with van der Waals surface area (Å²) >= 11 is 0. The first kappa shape index (κ1) is 13.8. The third-order valence-electron chi connectivity index (χ3n) is 4.73. The zero-order valence-electron chi connectivity index (χ0n) is 12.4. The fourth-order valence-electron chi connectivity index (χ4n) is 3.09. The van der Waals surface area contributed by atoms with Gasteiger partial charge in [-0.2, -0.15) is 0 Å². The third kappa shape index (κ3) is 1.95. The number of benzene rings is 1. The number of Topliss-reactive ketones (excluding diaryl/α,β-unsaturated/α-hetero) is 1. The van der Waals surface area contributed by atoms with E-state index in [1.807, 2.05) is 19.9 Å². The van der Waals surface area contributed by atoms with Gasteiger partial charge in [-0.1, -0.05) is 6.92 Å². The van der Waals surface area contributed by atoms with Gasteiger partial charge in [-0.15, -0.1) is 0 Å². The summed E-state index contributed by atoms with van der Waals surface area (Å²) in [7, 11) is 1.49. The van der Waals surface area contributed by atoms with E-state index in [1.54, 1.807) is 12.1 Å². The number of amides is 2. The van der Waals surface area contributed by atoms with E-state index >= 15 is 0 Å². The van der Waals surface area contributed by atoms with Crippen LogP contribution in [-0.4, -0.2) is 42.1 Å². The molecule has 21 heavy (non-hydrogen) atoms. The average Bonchev–Trinajstić information content (AvgIpc) is 2.69. The summed E-state index contributed by atoms with van der Waals surface area (Å²) in [6.45, 7) is 4.62. The second-order valence-corrected chi connectivity index (χ2v) is 5.84. The molecule has 0 aromatic heterocycles. The number of hydrogen-bond donors (Lipinski definition) is 0. The van der Waals surface area contributed by atoms with E-state index in [2.05, 4.69) is 4.90 Å². The molecule has 0 saturated carbocycles. The normalized spacial score (nSPS) is 25.6. The average molecular weight is 286 g/mol. The molecule has 0 N–H and O–H groups in total. The van der Waals surface area contributed by atoms with E-state index in [0.29, 0.717) is 24.1 Å². The third-order valence-corrected chi connectivity index (χ3v) is 4.73. The number of carbonyl (C=O) groups is 3. The number of imide groups is 1. The zero-order chi connectivity index (χ0) is 15.3. The number of hydrogen-bond acceptors (Lipinski definition) is 4. The zero-order valence-corrected chi connectivity index (χ0v) is 12.4. The molecule has 0 radical (unpaired) electrons. The quantitative estimate of drug-likeness (QED) is 0.738. The van der Waals surface area contributed by atoms with Gasteiger partial charge >= 0.3 is 0 Å². The van der Waals surface area contributed by atoms with Gasteiger partial charge < -0.3 is 4.90 Å². The predicted octanol–water partition coefficient (Wildman–Crippen LogP) is 1.72. The molecule has 2 atom stereocenters. The van der Waals surface area contributed by atoms with Gasteiger partial charge in [-0.05, 0) is 25.1 Å². The van der Waals surface area contributed by atoms with Crippen molar-refractivity contribution in [3.8, 4) is 0 Å². The summed E-state index contributed by atoms with van der Waals surface area (Å²) in [5.74, 6) is -0.250. The summed E-state index contributed by atoms with van der Waals surface area (Å²) in [6, 6.07) is 5.44. The maximum atomic E-state index is 12.1. The van der Waals surface area contributed by atoms with Crippen LogP contribution in [0.2, 0.25) is 0 Å². The van der Waals surface area contributed by atoms with Gasteiger partial charge in [0.25, 0.3) is 11.8 Å². The molecule has 2 unspecified atom stereocenters. The molecule has 2 aliphatic rings. The maximum absolute atomic E-state index is 12.1. The van der Waals surface area contributed by atoms with E-state index in [4.69, 9.17) is 0 Å². The van der Waals surface area contributed by atoms with Crippen molar-refractivity contribution in [3.05, 3.63) is 29.3 Å². The molecule has 2 heterocycles. The molecule has 2 aliphatic heterocycles. The highest BCUT2D eigenvalue weighted by molar-refractivity contribution is 6.21. The summed E-state index contributed by atoms with van der Waals surface area (Å²) in [5.41, 5.74) is 1.81. The van der Waals surface area contributed by atoms with Gasteiger partial charge in [-0.25, -0.2) is 0 Å². The minimum atomic E-state index is -0.259. The Hall–Kier alpha value is -2.17. The lowest BCUT2D eigenvalue weighted by atomic mass is 9.90. The Morgan fingerprint density at radius 1 is 1.05 bits per heavy atom. The van der Waals surface area contributed by atoms with Gasteiger partial charge in [0.05, 0.1) is 11.1 Å². The molecular weight excluding hydrogens is 268 g/mol. The van der Waals surface area contributed by atoms with E-state index < -0.39 is 0 Å².